The summed E-state index contributed by atoms with van der Waals surface area (Å²) in [6.07, 6.45) is 8.56. The maximum atomic E-state index is 4.36. The molecule has 0 radical (unpaired) electrons. The van der Waals surface area contributed by atoms with Crippen molar-refractivity contribution in [3.8, 4) is 44.5 Å². The van der Waals surface area contributed by atoms with Crippen LogP contribution in [0.4, 0.5) is 0 Å². The topological polar surface area (TPSA) is 25.8 Å². The van der Waals surface area contributed by atoms with Gasteiger partial charge in [-0.15, -0.1) is 0 Å². The average molecular weight is 555 g/mol. The van der Waals surface area contributed by atoms with E-state index in [2.05, 4.69) is 128 Å². The van der Waals surface area contributed by atoms with Gasteiger partial charge in [-0.25, -0.2) is 0 Å². The molecular weight excluding hydrogens is 520 g/mol. The smallest absolute Gasteiger partial charge is 0.0346 e. The SMILES string of the molecule is Cc1cc(-c2c3ccccc3c(-c3ccc(-c4cccnc4)cc3)c3ccc(CC(C)C)cc23)ccc1-c1cccnc1. The number of aromatic nitrogens is 2. The monoisotopic (exact) mass is 554 g/mol. The number of fused-ring (bicyclic) bond motifs is 2. The van der Waals surface area contributed by atoms with E-state index in [1.807, 2.05) is 36.9 Å². The van der Waals surface area contributed by atoms with Gasteiger partial charge >= 0.3 is 0 Å². The molecule has 0 saturated heterocycles. The van der Waals surface area contributed by atoms with Crippen LogP contribution in [0, 0.1) is 12.8 Å². The molecule has 208 valence electrons. The maximum absolute atomic E-state index is 4.36. The van der Waals surface area contributed by atoms with Crippen LogP contribution in [0.2, 0.25) is 0 Å². The summed E-state index contributed by atoms with van der Waals surface area (Å²) in [5.41, 5.74) is 12.3. The van der Waals surface area contributed by atoms with Crippen LogP contribution in [0.3, 0.4) is 0 Å². The lowest BCUT2D eigenvalue weighted by Gasteiger charge is -2.20. The van der Waals surface area contributed by atoms with Crippen molar-refractivity contribution in [3.63, 3.8) is 0 Å². The van der Waals surface area contributed by atoms with Crippen LogP contribution in [-0.2, 0) is 6.42 Å². The first kappa shape index (κ1) is 26.8. The summed E-state index contributed by atoms with van der Waals surface area (Å²) in [4.78, 5) is 8.67. The van der Waals surface area contributed by atoms with E-state index in [4.69, 9.17) is 0 Å². The normalized spacial score (nSPS) is 11.4. The molecule has 0 aliphatic heterocycles. The number of hydrogen-bond acceptors (Lipinski definition) is 2. The fourth-order valence-electron chi connectivity index (χ4n) is 6.47. The zero-order valence-corrected chi connectivity index (χ0v) is 24.9. The third-order valence-electron chi connectivity index (χ3n) is 8.39. The third-order valence-corrected chi connectivity index (χ3v) is 8.39. The lowest BCUT2D eigenvalue weighted by molar-refractivity contribution is 0.648. The molecule has 2 nitrogen and oxygen atoms in total. The van der Waals surface area contributed by atoms with Crippen LogP contribution in [0.5, 0.6) is 0 Å². The van der Waals surface area contributed by atoms with Crippen molar-refractivity contribution in [3.05, 3.63) is 145 Å². The van der Waals surface area contributed by atoms with E-state index in [0.717, 1.165) is 17.5 Å². The van der Waals surface area contributed by atoms with E-state index >= 15 is 0 Å². The third kappa shape index (κ3) is 5.10. The molecule has 0 aliphatic rings. The Morgan fingerprint density at radius 1 is 0.512 bits per heavy atom. The summed E-state index contributed by atoms with van der Waals surface area (Å²) in [5.74, 6) is 0.585. The van der Waals surface area contributed by atoms with Gasteiger partial charge in [-0.3, -0.25) is 9.97 Å². The highest BCUT2D eigenvalue weighted by Gasteiger charge is 2.18. The molecule has 0 saturated carbocycles. The molecule has 0 aliphatic carbocycles. The van der Waals surface area contributed by atoms with E-state index in [-0.39, 0.29) is 0 Å². The van der Waals surface area contributed by atoms with Crippen molar-refractivity contribution >= 4 is 21.5 Å². The molecule has 0 fully saturated rings. The summed E-state index contributed by atoms with van der Waals surface area (Å²) in [7, 11) is 0. The lowest BCUT2D eigenvalue weighted by Crippen LogP contribution is -1.96. The zero-order valence-electron chi connectivity index (χ0n) is 24.9. The number of nitrogens with zero attached hydrogens (tertiary/aromatic N) is 2. The predicted octanol–water partition coefficient (Wildman–Crippen LogP) is 11.0. The van der Waals surface area contributed by atoms with Crippen molar-refractivity contribution in [1.29, 1.82) is 0 Å². The van der Waals surface area contributed by atoms with Crippen molar-refractivity contribution < 1.29 is 0 Å². The molecule has 7 rings (SSSR count). The molecule has 0 bridgehead atoms. The summed E-state index contributed by atoms with van der Waals surface area (Å²) in [6, 6.07) is 40.1. The highest BCUT2D eigenvalue weighted by atomic mass is 14.6. The van der Waals surface area contributed by atoms with Gasteiger partial charge in [-0.05, 0) is 103 Å². The van der Waals surface area contributed by atoms with Crippen LogP contribution in [-0.4, -0.2) is 9.97 Å². The standard InChI is InChI=1S/C41H34N2/c1-27(2)22-29-12-18-38-39(24-29)41(32-17-19-35(28(3)23-32)34-9-7-21-43-26-34)37-11-5-4-10-36(37)40(38)31-15-13-30(14-16-31)33-8-6-20-42-25-33/h4-21,23-27H,22H2,1-3H3. The van der Waals surface area contributed by atoms with E-state index < -0.39 is 0 Å². The minimum absolute atomic E-state index is 0.585. The van der Waals surface area contributed by atoms with E-state index in [9.17, 15) is 0 Å². The van der Waals surface area contributed by atoms with Crippen LogP contribution in [0.15, 0.2) is 134 Å². The lowest BCUT2D eigenvalue weighted by atomic mass is 9.84. The first-order chi connectivity index (χ1) is 21.1. The Balaban J connectivity index is 1.48. The maximum Gasteiger partial charge on any atom is 0.0346 e. The van der Waals surface area contributed by atoms with Crippen LogP contribution in [0.25, 0.3) is 66.1 Å². The molecule has 0 atom stereocenters. The van der Waals surface area contributed by atoms with Crippen molar-refractivity contribution in [2.75, 3.05) is 0 Å². The minimum atomic E-state index is 0.585. The molecule has 43 heavy (non-hydrogen) atoms. The Morgan fingerprint density at radius 2 is 1.12 bits per heavy atom. The van der Waals surface area contributed by atoms with Gasteiger partial charge in [0, 0.05) is 30.4 Å². The fourth-order valence-corrected chi connectivity index (χ4v) is 6.47. The van der Waals surface area contributed by atoms with E-state index in [0.29, 0.717) is 5.92 Å². The second-order valence-corrected chi connectivity index (χ2v) is 11.9. The number of benzene rings is 5. The van der Waals surface area contributed by atoms with Crippen molar-refractivity contribution in [1.82, 2.24) is 9.97 Å². The van der Waals surface area contributed by atoms with E-state index in [1.54, 1.807) is 0 Å². The summed E-state index contributed by atoms with van der Waals surface area (Å²) >= 11 is 0. The van der Waals surface area contributed by atoms with Crippen LogP contribution < -0.4 is 0 Å². The molecule has 2 heterocycles. The molecule has 5 aromatic carbocycles. The second kappa shape index (κ2) is 11.3. The molecule has 0 spiro atoms. The first-order valence-corrected chi connectivity index (χ1v) is 15.1. The molecule has 0 amide bonds. The number of rotatable bonds is 6. The molecular formula is C41H34N2. The van der Waals surface area contributed by atoms with Crippen LogP contribution in [0.1, 0.15) is 25.0 Å². The molecule has 2 aromatic heterocycles. The van der Waals surface area contributed by atoms with Crippen molar-refractivity contribution in [2.45, 2.75) is 27.2 Å². The first-order valence-electron chi connectivity index (χ1n) is 15.1. The predicted molar refractivity (Wildman–Crippen MR) is 182 cm³/mol. The zero-order chi connectivity index (χ0) is 29.3. The van der Waals surface area contributed by atoms with Gasteiger partial charge < -0.3 is 0 Å². The molecule has 2 heteroatoms. The largest absolute Gasteiger partial charge is 0.264 e. The summed E-state index contributed by atoms with van der Waals surface area (Å²) in [6.45, 7) is 6.79. The van der Waals surface area contributed by atoms with Gasteiger partial charge in [-0.2, -0.15) is 0 Å². The Kier molecular flexibility index (Phi) is 7.04. The fraction of sp³-hybridized carbons (Fsp3) is 0.122. The average Bonchev–Trinajstić information content (AvgIpc) is 3.04. The Hall–Kier alpha value is -5.08. The van der Waals surface area contributed by atoms with Gasteiger partial charge in [0.1, 0.15) is 0 Å². The van der Waals surface area contributed by atoms with Gasteiger partial charge in [0.25, 0.3) is 0 Å². The molecule has 0 N–H and O–H groups in total. The van der Waals surface area contributed by atoms with Gasteiger partial charge in [0.2, 0.25) is 0 Å². The highest BCUT2D eigenvalue weighted by molar-refractivity contribution is 6.21. The Labute approximate surface area is 253 Å². The van der Waals surface area contributed by atoms with Gasteiger partial charge in [0.15, 0.2) is 0 Å². The second-order valence-electron chi connectivity index (χ2n) is 11.9. The number of aryl methyl sites for hydroxylation is 1. The Morgan fingerprint density at radius 3 is 1.74 bits per heavy atom. The number of hydrogen-bond donors (Lipinski definition) is 0. The highest BCUT2D eigenvalue weighted by Crippen LogP contribution is 2.45. The minimum Gasteiger partial charge on any atom is -0.264 e. The number of pyridine rings is 2. The quantitative estimate of drug-likeness (QED) is 0.191. The van der Waals surface area contributed by atoms with E-state index in [1.165, 1.54) is 66.1 Å². The Bertz CT molecular complexity index is 2060. The summed E-state index contributed by atoms with van der Waals surface area (Å²) in [5, 5.41) is 5.13. The summed E-state index contributed by atoms with van der Waals surface area (Å²) < 4.78 is 0. The van der Waals surface area contributed by atoms with Gasteiger partial charge in [0.05, 0.1) is 0 Å². The van der Waals surface area contributed by atoms with Crippen LogP contribution >= 0.6 is 0 Å². The molecule has 7 aromatic rings. The molecule has 0 unspecified atom stereocenters. The van der Waals surface area contributed by atoms with Crippen molar-refractivity contribution in [2.24, 2.45) is 5.92 Å². The van der Waals surface area contributed by atoms with Gasteiger partial charge in [-0.1, -0.05) is 111 Å².